The maximum absolute atomic E-state index is 12.7. The van der Waals surface area contributed by atoms with Gasteiger partial charge in [0.2, 0.25) is 5.91 Å². The quantitative estimate of drug-likeness (QED) is 0.656. The van der Waals surface area contributed by atoms with E-state index in [4.69, 9.17) is 27.9 Å². The van der Waals surface area contributed by atoms with Crippen molar-refractivity contribution in [2.75, 3.05) is 37.4 Å². The first-order valence-corrected chi connectivity index (χ1v) is 10.1. The number of methoxy groups -OCH3 is 1. The zero-order chi connectivity index (χ0) is 22.5. The highest BCUT2D eigenvalue weighted by atomic mass is 35.5. The van der Waals surface area contributed by atoms with Crippen LogP contribution >= 0.6 is 23.2 Å². The summed E-state index contributed by atoms with van der Waals surface area (Å²) in [4.78, 5) is 26.7. The van der Waals surface area contributed by atoms with Crippen molar-refractivity contribution in [2.45, 2.75) is 26.2 Å². The molecule has 164 valence electrons. The number of hydrogen-bond donors (Lipinski definition) is 2. The summed E-state index contributed by atoms with van der Waals surface area (Å²) in [6, 6.07) is 6.25. The largest absolute Gasteiger partial charge is 0.383 e. The highest BCUT2D eigenvalue weighted by Gasteiger charge is 2.22. The minimum absolute atomic E-state index is 0.151. The molecule has 0 radical (unpaired) electrons. The smallest absolute Gasteiger partial charge is 0.322 e. The summed E-state index contributed by atoms with van der Waals surface area (Å²) in [5.74, 6) is 0.191. The molecule has 0 fully saturated rings. The number of urea groups is 1. The minimum Gasteiger partial charge on any atom is -0.383 e. The van der Waals surface area contributed by atoms with Gasteiger partial charge in [-0.3, -0.25) is 9.48 Å². The van der Waals surface area contributed by atoms with Gasteiger partial charge in [0.25, 0.3) is 0 Å². The molecule has 3 amide bonds. The molecule has 0 bridgehead atoms. The van der Waals surface area contributed by atoms with Gasteiger partial charge in [0.15, 0.2) is 0 Å². The Balaban J connectivity index is 2.10. The minimum atomic E-state index is -0.494. The Bertz CT molecular complexity index is 908. The van der Waals surface area contributed by atoms with E-state index in [-0.39, 0.29) is 36.0 Å². The summed E-state index contributed by atoms with van der Waals surface area (Å²) >= 11 is 12.1. The number of carbonyl (C=O) groups excluding carboxylic acids is 2. The molecule has 8 nitrogen and oxygen atoms in total. The zero-order valence-corrected chi connectivity index (χ0v) is 19.3. The van der Waals surface area contributed by atoms with Gasteiger partial charge in [-0.15, -0.1) is 0 Å². The molecule has 0 saturated heterocycles. The van der Waals surface area contributed by atoms with E-state index in [2.05, 4.69) is 15.7 Å². The van der Waals surface area contributed by atoms with Gasteiger partial charge in [-0.1, -0.05) is 50.0 Å². The second-order valence-corrected chi connectivity index (χ2v) is 8.57. The Labute approximate surface area is 186 Å². The molecule has 2 N–H and O–H groups in total. The molecule has 2 aromatic rings. The molecule has 1 heterocycles. The van der Waals surface area contributed by atoms with Crippen LogP contribution in [0.3, 0.4) is 0 Å². The van der Waals surface area contributed by atoms with Crippen LogP contribution in [-0.2, 0) is 22.0 Å². The van der Waals surface area contributed by atoms with E-state index < -0.39 is 6.03 Å². The molecule has 2 rings (SSSR count). The Morgan fingerprint density at radius 3 is 2.53 bits per heavy atom. The van der Waals surface area contributed by atoms with Crippen LogP contribution in [0.25, 0.3) is 0 Å². The van der Waals surface area contributed by atoms with Gasteiger partial charge >= 0.3 is 6.03 Å². The van der Waals surface area contributed by atoms with Crippen molar-refractivity contribution >= 4 is 46.6 Å². The number of carbonyl (C=O) groups is 2. The van der Waals surface area contributed by atoms with Crippen molar-refractivity contribution in [1.29, 1.82) is 0 Å². The summed E-state index contributed by atoms with van der Waals surface area (Å²) < 4.78 is 6.66. The van der Waals surface area contributed by atoms with Crippen LogP contribution in [0.15, 0.2) is 24.3 Å². The van der Waals surface area contributed by atoms with Crippen molar-refractivity contribution < 1.29 is 14.3 Å². The number of aryl methyl sites for hydroxylation is 1. The molecular weight excluding hydrogens is 429 g/mol. The lowest BCUT2D eigenvalue weighted by Crippen LogP contribution is -2.42. The summed E-state index contributed by atoms with van der Waals surface area (Å²) in [6.07, 6.45) is 0. The Kier molecular flexibility index (Phi) is 8.11. The van der Waals surface area contributed by atoms with Crippen LogP contribution in [0.2, 0.25) is 10.0 Å². The maximum Gasteiger partial charge on any atom is 0.322 e. The number of anilines is 2. The summed E-state index contributed by atoms with van der Waals surface area (Å²) in [6.45, 7) is 6.43. The van der Waals surface area contributed by atoms with E-state index in [0.29, 0.717) is 16.5 Å². The first-order valence-electron chi connectivity index (χ1n) is 9.36. The fraction of sp³-hybridized carbons (Fsp3) is 0.450. The monoisotopic (exact) mass is 455 g/mol. The summed E-state index contributed by atoms with van der Waals surface area (Å²) in [7, 11) is 3.27. The lowest BCUT2D eigenvalue weighted by Gasteiger charge is -2.22. The molecule has 0 aliphatic carbocycles. The number of aromatic nitrogens is 2. The number of nitrogens with zero attached hydrogens (tertiary/aromatic N) is 3. The third-order valence-corrected chi connectivity index (χ3v) is 5.11. The number of halogens is 2. The molecular formula is C20H27Cl2N5O3. The topological polar surface area (TPSA) is 88.5 Å². The van der Waals surface area contributed by atoms with Crippen molar-refractivity contribution in [3.8, 4) is 0 Å². The second kappa shape index (κ2) is 10.1. The Morgan fingerprint density at radius 2 is 1.93 bits per heavy atom. The van der Waals surface area contributed by atoms with Crippen molar-refractivity contribution in [1.82, 2.24) is 14.7 Å². The fourth-order valence-electron chi connectivity index (χ4n) is 2.55. The highest BCUT2D eigenvalue weighted by molar-refractivity contribution is 6.43. The average Bonchev–Trinajstić information content (AvgIpc) is 3.03. The third kappa shape index (κ3) is 6.35. The molecule has 1 aromatic carbocycles. The molecule has 30 heavy (non-hydrogen) atoms. The number of nitrogens with one attached hydrogen (secondary N) is 2. The van der Waals surface area contributed by atoms with Gasteiger partial charge in [0.05, 0.1) is 28.0 Å². The first-order chi connectivity index (χ1) is 14.0. The number of benzene rings is 1. The predicted molar refractivity (Wildman–Crippen MR) is 119 cm³/mol. The van der Waals surface area contributed by atoms with E-state index in [0.717, 1.165) is 5.69 Å². The summed E-state index contributed by atoms with van der Waals surface area (Å²) in [5, 5.41) is 10.5. The molecule has 1 aromatic heterocycles. The molecule has 0 unspecified atom stereocenters. The fourth-order valence-corrected chi connectivity index (χ4v) is 2.90. The highest BCUT2D eigenvalue weighted by Crippen LogP contribution is 2.29. The average molecular weight is 456 g/mol. The molecule has 0 saturated carbocycles. The molecule has 0 aliphatic rings. The van der Waals surface area contributed by atoms with Gasteiger partial charge in [0, 0.05) is 32.2 Å². The van der Waals surface area contributed by atoms with E-state index >= 15 is 0 Å². The van der Waals surface area contributed by atoms with E-state index in [1.807, 2.05) is 26.8 Å². The lowest BCUT2D eigenvalue weighted by molar-refractivity contribution is -0.116. The van der Waals surface area contributed by atoms with Gasteiger partial charge in [-0.05, 0) is 12.1 Å². The summed E-state index contributed by atoms with van der Waals surface area (Å²) in [5.41, 5.74) is 1.06. The molecule has 0 atom stereocenters. The molecule has 10 heteroatoms. The van der Waals surface area contributed by atoms with Gasteiger partial charge in [-0.2, -0.15) is 5.10 Å². The number of rotatable bonds is 7. The Morgan fingerprint density at radius 1 is 1.23 bits per heavy atom. The normalized spacial score (nSPS) is 11.3. The number of amides is 3. The molecule has 0 aliphatic heterocycles. The van der Waals surface area contributed by atoms with Crippen molar-refractivity contribution in [2.24, 2.45) is 7.05 Å². The maximum atomic E-state index is 12.7. The number of ether oxygens (including phenoxy) is 1. The second-order valence-electron chi connectivity index (χ2n) is 7.78. The van der Waals surface area contributed by atoms with E-state index in [1.165, 1.54) is 12.0 Å². The SMILES string of the molecule is COCCN(CC(=O)Nc1cc(C(C)(C)C)nn1C)C(=O)Nc1cccc(Cl)c1Cl. The lowest BCUT2D eigenvalue weighted by atomic mass is 9.92. The van der Waals surface area contributed by atoms with Crippen molar-refractivity contribution in [3.63, 3.8) is 0 Å². The van der Waals surface area contributed by atoms with Gasteiger partial charge in [0.1, 0.15) is 12.4 Å². The molecule has 0 spiro atoms. The Hall–Kier alpha value is -2.29. The van der Waals surface area contributed by atoms with Crippen LogP contribution in [0.1, 0.15) is 26.5 Å². The van der Waals surface area contributed by atoms with E-state index in [1.54, 1.807) is 29.9 Å². The van der Waals surface area contributed by atoms with Crippen LogP contribution < -0.4 is 10.6 Å². The van der Waals surface area contributed by atoms with Crippen LogP contribution in [0.4, 0.5) is 16.3 Å². The van der Waals surface area contributed by atoms with Crippen LogP contribution in [-0.4, -0.2) is 53.4 Å². The van der Waals surface area contributed by atoms with Crippen molar-refractivity contribution in [3.05, 3.63) is 40.0 Å². The third-order valence-electron chi connectivity index (χ3n) is 4.30. The standard InChI is InChI=1S/C20H27Cl2N5O3/c1-20(2,3)15-11-16(26(4)25-15)24-17(28)12-27(9-10-30-5)19(29)23-14-8-6-7-13(21)18(14)22/h6-8,11H,9-10,12H2,1-5H3,(H,23,29)(H,24,28). The number of hydrogen-bond acceptors (Lipinski definition) is 4. The zero-order valence-electron chi connectivity index (χ0n) is 17.8. The van der Waals surface area contributed by atoms with Gasteiger partial charge in [-0.25, -0.2) is 4.79 Å². The first kappa shape index (κ1) is 24.0. The van der Waals surface area contributed by atoms with Crippen LogP contribution in [0, 0.1) is 0 Å². The van der Waals surface area contributed by atoms with Crippen LogP contribution in [0.5, 0.6) is 0 Å². The van der Waals surface area contributed by atoms with Gasteiger partial charge < -0.3 is 20.3 Å². The predicted octanol–water partition coefficient (Wildman–Crippen LogP) is 4.14. The van der Waals surface area contributed by atoms with E-state index in [9.17, 15) is 9.59 Å².